The number of rotatable bonds is 5. The highest BCUT2D eigenvalue weighted by molar-refractivity contribution is 6.15. The van der Waals surface area contributed by atoms with Crippen LogP contribution in [-0.4, -0.2) is 21.7 Å². The van der Waals surface area contributed by atoms with Crippen molar-refractivity contribution in [3.8, 4) is 17.2 Å². The molecule has 0 bridgehead atoms. The van der Waals surface area contributed by atoms with E-state index in [4.69, 9.17) is 14.2 Å². The van der Waals surface area contributed by atoms with E-state index in [1.165, 1.54) is 0 Å². The maximum Gasteiger partial charge on any atom is 0.312 e. The zero-order valence-corrected chi connectivity index (χ0v) is 19.1. The van der Waals surface area contributed by atoms with E-state index >= 15 is 0 Å². The van der Waals surface area contributed by atoms with Crippen LogP contribution < -0.4 is 14.2 Å². The van der Waals surface area contributed by atoms with Crippen LogP contribution in [0.2, 0.25) is 0 Å². The first-order chi connectivity index (χ1) is 17.7. The number of ketones is 1. The lowest BCUT2D eigenvalue weighted by Crippen LogP contribution is -2.22. The maximum atomic E-state index is 13.2. The monoisotopic (exact) mass is 476 g/mol. The fourth-order valence-corrected chi connectivity index (χ4v) is 4.52. The molecule has 4 heterocycles. The first-order valence-electron chi connectivity index (χ1n) is 11.5. The van der Waals surface area contributed by atoms with Gasteiger partial charge in [0.25, 0.3) is 0 Å². The highest BCUT2D eigenvalue weighted by atomic mass is 16.5. The first-order valence-corrected chi connectivity index (χ1v) is 11.5. The Bertz CT molecular complexity index is 1500. The molecule has 0 N–H and O–H groups in total. The Morgan fingerprint density at radius 1 is 0.944 bits per heavy atom. The lowest BCUT2D eigenvalue weighted by atomic mass is 9.84. The number of carbonyl (C=O) groups excluding carboxylic acids is 2. The van der Waals surface area contributed by atoms with Gasteiger partial charge in [0.2, 0.25) is 5.78 Å². The largest absolute Gasteiger partial charge is 0.487 e. The molecule has 2 aromatic heterocycles. The van der Waals surface area contributed by atoms with E-state index in [2.05, 4.69) is 9.97 Å². The van der Waals surface area contributed by atoms with Crippen molar-refractivity contribution in [3.63, 3.8) is 0 Å². The van der Waals surface area contributed by atoms with E-state index in [9.17, 15) is 9.59 Å². The average molecular weight is 476 g/mol. The number of nitrogens with zero attached hydrogens (tertiary/aromatic N) is 2. The number of fused-ring (bicyclic) bond motifs is 3. The number of esters is 1. The summed E-state index contributed by atoms with van der Waals surface area (Å²) in [5.74, 6) is 0.606. The molecule has 0 saturated heterocycles. The predicted molar refractivity (Wildman–Crippen MR) is 131 cm³/mol. The lowest BCUT2D eigenvalue weighted by Gasteiger charge is -2.27. The second-order valence-corrected chi connectivity index (χ2v) is 8.46. The molecule has 36 heavy (non-hydrogen) atoms. The summed E-state index contributed by atoms with van der Waals surface area (Å²) < 4.78 is 17.8. The van der Waals surface area contributed by atoms with E-state index in [0.29, 0.717) is 28.4 Å². The van der Waals surface area contributed by atoms with Gasteiger partial charge in [0.05, 0.1) is 17.7 Å². The molecule has 2 aliphatic rings. The van der Waals surface area contributed by atoms with Gasteiger partial charge in [-0.05, 0) is 48.0 Å². The molecule has 2 aliphatic heterocycles. The molecule has 0 saturated carbocycles. The van der Waals surface area contributed by atoms with E-state index < -0.39 is 5.92 Å². The maximum absolute atomic E-state index is 13.2. The van der Waals surface area contributed by atoms with Gasteiger partial charge in [0.15, 0.2) is 5.76 Å². The number of hydrogen-bond acceptors (Lipinski definition) is 7. The van der Waals surface area contributed by atoms with Crippen LogP contribution in [0.1, 0.15) is 45.1 Å². The quantitative estimate of drug-likeness (QED) is 0.225. The molecule has 1 atom stereocenters. The Labute approximate surface area is 207 Å². The smallest absolute Gasteiger partial charge is 0.312 e. The molecular weight excluding hydrogens is 456 g/mol. The minimum Gasteiger partial charge on any atom is -0.487 e. The van der Waals surface area contributed by atoms with Gasteiger partial charge in [0, 0.05) is 35.6 Å². The van der Waals surface area contributed by atoms with Crippen LogP contribution >= 0.6 is 0 Å². The summed E-state index contributed by atoms with van der Waals surface area (Å²) in [5, 5.41) is 0. The standard InChI is InChI=1S/C29H20N2O5/c32-26-15-22(20-8-1-2-9-23(20)34-17-19-7-3-4-13-31-19)27-24(35-26)11-10-21-28(33)25(36-29(21)27)14-18-6-5-12-30-16-18/h1-14,16,22H,15,17H2/b25-14-/t22-/m0/s1. The van der Waals surface area contributed by atoms with Crippen molar-refractivity contribution in [1.82, 2.24) is 9.97 Å². The summed E-state index contributed by atoms with van der Waals surface area (Å²) in [6.07, 6.45) is 6.78. The van der Waals surface area contributed by atoms with Crippen LogP contribution in [0.5, 0.6) is 17.2 Å². The Hall–Kier alpha value is -4.78. The molecule has 0 spiro atoms. The first kappa shape index (κ1) is 21.7. The molecule has 6 rings (SSSR count). The second kappa shape index (κ2) is 9.11. The number of hydrogen-bond donors (Lipinski definition) is 0. The average Bonchev–Trinajstić information content (AvgIpc) is 3.23. The molecule has 0 radical (unpaired) electrons. The fraction of sp³-hybridized carbons (Fsp3) is 0.103. The predicted octanol–water partition coefficient (Wildman–Crippen LogP) is 5.11. The third-order valence-electron chi connectivity index (χ3n) is 6.16. The van der Waals surface area contributed by atoms with Gasteiger partial charge in [-0.15, -0.1) is 0 Å². The van der Waals surface area contributed by atoms with Gasteiger partial charge in [-0.3, -0.25) is 19.6 Å². The van der Waals surface area contributed by atoms with E-state index in [1.807, 2.05) is 48.5 Å². The molecule has 7 heteroatoms. The SMILES string of the molecule is O=C1C[C@@H](c2ccccc2OCc2ccccn2)c2c(ccc3c2O/C(=C\c2cccnc2)C3=O)O1. The van der Waals surface area contributed by atoms with Gasteiger partial charge >= 0.3 is 5.97 Å². The van der Waals surface area contributed by atoms with E-state index in [-0.39, 0.29) is 30.5 Å². The molecule has 176 valence electrons. The molecule has 4 aromatic rings. The molecule has 2 aromatic carbocycles. The number of pyridine rings is 2. The van der Waals surface area contributed by atoms with Crippen LogP contribution in [0.4, 0.5) is 0 Å². The molecule has 7 nitrogen and oxygen atoms in total. The number of ether oxygens (including phenoxy) is 3. The summed E-state index contributed by atoms with van der Waals surface area (Å²) in [5.41, 5.74) is 3.43. The lowest BCUT2D eigenvalue weighted by molar-refractivity contribution is -0.135. The van der Waals surface area contributed by atoms with Crippen LogP contribution in [0.15, 0.2) is 91.1 Å². The number of aromatic nitrogens is 2. The molecule has 0 fully saturated rings. The van der Waals surface area contributed by atoms with Crippen LogP contribution in [0.25, 0.3) is 6.08 Å². The highest BCUT2D eigenvalue weighted by Crippen LogP contribution is 2.50. The van der Waals surface area contributed by atoms with Gasteiger partial charge < -0.3 is 14.2 Å². The van der Waals surface area contributed by atoms with Crippen molar-refractivity contribution >= 4 is 17.8 Å². The van der Waals surface area contributed by atoms with Crippen LogP contribution in [0.3, 0.4) is 0 Å². The molecule has 0 aliphatic carbocycles. The Balaban J connectivity index is 1.40. The summed E-state index contributed by atoms with van der Waals surface area (Å²) in [4.78, 5) is 34.1. The number of allylic oxidation sites excluding steroid dienone is 1. The van der Waals surface area contributed by atoms with Crippen molar-refractivity contribution in [1.29, 1.82) is 0 Å². The minimum absolute atomic E-state index is 0.0899. The number of para-hydroxylation sites is 1. The van der Waals surface area contributed by atoms with E-state index in [0.717, 1.165) is 16.8 Å². The van der Waals surface area contributed by atoms with Gasteiger partial charge in [-0.2, -0.15) is 0 Å². The summed E-state index contributed by atoms with van der Waals surface area (Å²) in [6.45, 7) is 0.280. The Kier molecular flexibility index (Phi) is 5.50. The fourth-order valence-electron chi connectivity index (χ4n) is 4.52. The second-order valence-electron chi connectivity index (χ2n) is 8.46. The van der Waals surface area contributed by atoms with Gasteiger partial charge in [-0.1, -0.05) is 30.3 Å². The molecular formula is C29H20N2O5. The normalized spacial score (nSPS) is 17.2. The Morgan fingerprint density at radius 3 is 2.67 bits per heavy atom. The third kappa shape index (κ3) is 4.01. The summed E-state index contributed by atoms with van der Waals surface area (Å²) in [7, 11) is 0. The van der Waals surface area contributed by atoms with Crippen molar-refractivity contribution in [2.45, 2.75) is 18.9 Å². The zero-order valence-electron chi connectivity index (χ0n) is 19.1. The van der Waals surface area contributed by atoms with E-state index in [1.54, 1.807) is 42.9 Å². The third-order valence-corrected chi connectivity index (χ3v) is 6.16. The van der Waals surface area contributed by atoms with Crippen molar-refractivity contribution in [2.75, 3.05) is 0 Å². The van der Waals surface area contributed by atoms with Crippen molar-refractivity contribution < 1.29 is 23.8 Å². The Morgan fingerprint density at radius 2 is 1.83 bits per heavy atom. The van der Waals surface area contributed by atoms with Crippen molar-refractivity contribution in [2.24, 2.45) is 0 Å². The van der Waals surface area contributed by atoms with Crippen molar-refractivity contribution in [3.05, 3.63) is 119 Å². The number of carbonyl (C=O) groups is 2. The highest BCUT2D eigenvalue weighted by Gasteiger charge is 2.39. The van der Waals surface area contributed by atoms with Gasteiger partial charge in [0.1, 0.15) is 23.9 Å². The summed E-state index contributed by atoms with van der Waals surface area (Å²) in [6, 6.07) is 20.1. The molecule has 0 amide bonds. The number of Topliss-reactive ketones (excluding diaryl/α,β-unsaturated/α-hetero) is 1. The van der Waals surface area contributed by atoms with Gasteiger partial charge in [-0.25, -0.2) is 0 Å². The zero-order chi connectivity index (χ0) is 24.5. The van der Waals surface area contributed by atoms with Crippen LogP contribution in [0, 0.1) is 0 Å². The molecule has 0 unspecified atom stereocenters. The van der Waals surface area contributed by atoms with Crippen LogP contribution in [-0.2, 0) is 11.4 Å². The summed E-state index contributed by atoms with van der Waals surface area (Å²) >= 11 is 0. The topological polar surface area (TPSA) is 87.6 Å². The number of benzene rings is 2. The minimum atomic E-state index is -0.415.